The molecule has 114 valence electrons. The number of hydrogen-bond acceptors (Lipinski definition) is 2. The quantitative estimate of drug-likeness (QED) is 0.498. The van der Waals surface area contributed by atoms with Gasteiger partial charge in [-0.05, 0) is 6.42 Å². The van der Waals surface area contributed by atoms with Gasteiger partial charge in [-0.2, -0.15) is 0 Å². The predicted molar refractivity (Wildman–Crippen MR) is 60.6 cm³/mol. The first-order valence-electron chi connectivity index (χ1n) is 5.92. The molecule has 2 rings (SSSR count). The van der Waals surface area contributed by atoms with Gasteiger partial charge in [0, 0.05) is 13.0 Å². The fourth-order valence-electron chi connectivity index (χ4n) is 1.90. The standard InChI is InChI=1S/C12H9F5N2O2/c13-6-7(14)9(16)11(10(17)8(6)15)19-12(21)4-1-2-5(20)18-3-4/h4H,1-3H2,(H,18,20)(H,19,21). The SMILES string of the molecule is O=C1CCC(C(=O)Nc2c(F)c(F)c(F)c(F)c2F)CN1. The summed E-state index contributed by atoms with van der Waals surface area (Å²) in [6, 6.07) is 0. The summed E-state index contributed by atoms with van der Waals surface area (Å²) in [7, 11) is 0. The Labute approximate surface area is 115 Å². The van der Waals surface area contributed by atoms with Crippen molar-refractivity contribution < 1.29 is 31.5 Å². The lowest BCUT2D eigenvalue weighted by molar-refractivity contribution is -0.126. The Hall–Kier alpha value is -2.19. The fraction of sp³-hybridized carbons (Fsp3) is 0.333. The molecule has 0 radical (unpaired) electrons. The van der Waals surface area contributed by atoms with Gasteiger partial charge in [-0.15, -0.1) is 0 Å². The summed E-state index contributed by atoms with van der Waals surface area (Å²) in [6.07, 6.45) is 0.155. The summed E-state index contributed by atoms with van der Waals surface area (Å²) >= 11 is 0. The molecule has 1 fully saturated rings. The van der Waals surface area contributed by atoms with Crippen molar-refractivity contribution in [3.8, 4) is 0 Å². The van der Waals surface area contributed by atoms with Crippen LogP contribution in [0.3, 0.4) is 0 Å². The molecule has 2 N–H and O–H groups in total. The van der Waals surface area contributed by atoms with E-state index in [4.69, 9.17) is 0 Å². The van der Waals surface area contributed by atoms with Crippen LogP contribution in [0.4, 0.5) is 27.6 Å². The van der Waals surface area contributed by atoms with Crippen molar-refractivity contribution in [3.63, 3.8) is 0 Å². The van der Waals surface area contributed by atoms with Gasteiger partial charge in [0.05, 0.1) is 5.92 Å². The zero-order valence-electron chi connectivity index (χ0n) is 10.4. The van der Waals surface area contributed by atoms with E-state index in [1.54, 1.807) is 5.32 Å². The highest BCUT2D eigenvalue weighted by Gasteiger charge is 2.30. The van der Waals surface area contributed by atoms with Gasteiger partial charge in [-0.25, -0.2) is 22.0 Å². The molecular weight excluding hydrogens is 299 g/mol. The summed E-state index contributed by atoms with van der Waals surface area (Å²) in [5, 5.41) is 4.05. The molecular formula is C12H9F5N2O2. The van der Waals surface area contributed by atoms with Crippen LogP contribution in [0.5, 0.6) is 0 Å². The van der Waals surface area contributed by atoms with Gasteiger partial charge in [0.25, 0.3) is 0 Å². The van der Waals surface area contributed by atoms with Crippen LogP contribution < -0.4 is 10.6 Å². The van der Waals surface area contributed by atoms with Crippen molar-refractivity contribution in [2.45, 2.75) is 12.8 Å². The predicted octanol–water partition coefficient (Wildman–Crippen LogP) is 1.85. The summed E-state index contributed by atoms with van der Waals surface area (Å²) in [6.45, 7) is -0.0694. The van der Waals surface area contributed by atoms with Crippen molar-refractivity contribution in [1.82, 2.24) is 5.32 Å². The van der Waals surface area contributed by atoms with Crippen molar-refractivity contribution in [1.29, 1.82) is 0 Å². The molecule has 1 aromatic rings. The van der Waals surface area contributed by atoms with Crippen LogP contribution in [0, 0.1) is 35.0 Å². The molecule has 0 spiro atoms. The minimum atomic E-state index is -2.30. The van der Waals surface area contributed by atoms with Crippen molar-refractivity contribution in [2.75, 3.05) is 11.9 Å². The van der Waals surface area contributed by atoms with Gasteiger partial charge < -0.3 is 10.6 Å². The normalized spacial score (nSPS) is 18.3. The van der Waals surface area contributed by atoms with E-state index in [2.05, 4.69) is 5.32 Å². The molecule has 0 bridgehead atoms. The maximum atomic E-state index is 13.4. The molecule has 1 saturated heterocycles. The third-order valence-corrected chi connectivity index (χ3v) is 3.09. The Bertz CT molecular complexity index is 581. The zero-order valence-corrected chi connectivity index (χ0v) is 10.4. The van der Waals surface area contributed by atoms with Crippen LogP contribution >= 0.6 is 0 Å². The maximum absolute atomic E-state index is 13.4. The number of hydrogen-bond donors (Lipinski definition) is 2. The molecule has 1 atom stereocenters. The average Bonchev–Trinajstić information content (AvgIpc) is 2.48. The summed E-state index contributed by atoms with van der Waals surface area (Å²) < 4.78 is 65.6. The highest BCUT2D eigenvalue weighted by molar-refractivity contribution is 5.94. The van der Waals surface area contributed by atoms with E-state index in [1.165, 1.54) is 0 Å². The van der Waals surface area contributed by atoms with Crippen molar-refractivity contribution in [3.05, 3.63) is 29.1 Å². The molecule has 0 aliphatic carbocycles. The zero-order chi connectivity index (χ0) is 15.7. The van der Waals surface area contributed by atoms with Crippen LogP contribution in [0.25, 0.3) is 0 Å². The van der Waals surface area contributed by atoms with Crippen LogP contribution in [0.2, 0.25) is 0 Å². The van der Waals surface area contributed by atoms with Gasteiger partial charge >= 0.3 is 0 Å². The number of carbonyl (C=O) groups is 2. The Morgan fingerprint density at radius 1 is 1.00 bits per heavy atom. The van der Waals surface area contributed by atoms with Crippen molar-refractivity contribution in [2.24, 2.45) is 5.92 Å². The molecule has 0 aromatic heterocycles. The summed E-state index contributed by atoms with van der Waals surface area (Å²) in [5.41, 5.74) is -1.40. The smallest absolute Gasteiger partial charge is 0.229 e. The molecule has 0 saturated carbocycles. The van der Waals surface area contributed by atoms with Crippen molar-refractivity contribution >= 4 is 17.5 Å². The highest BCUT2D eigenvalue weighted by Crippen LogP contribution is 2.27. The van der Waals surface area contributed by atoms with Gasteiger partial charge in [0.1, 0.15) is 5.69 Å². The average molecular weight is 308 g/mol. The number of amides is 2. The molecule has 1 aliphatic heterocycles. The monoisotopic (exact) mass is 308 g/mol. The Morgan fingerprint density at radius 3 is 2.00 bits per heavy atom. The minimum Gasteiger partial charge on any atom is -0.355 e. The largest absolute Gasteiger partial charge is 0.355 e. The molecule has 4 nitrogen and oxygen atoms in total. The number of nitrogens with one attached hydrogen (secondary N) is 2. The van der Waals surface area contributed by atoms with E-state index in [1.807, 2.05) is 0 Å². The number of anilines is 1. The Morgan fingerprint density at radius 2 is 1.52 bits per heavy atom. The molecule has 2 amide bonds. The third-order valence-electron chi connectivity index (χ3n) is 3.09. The summed E-state index contributed by atoms with van der Waals surface area (Å²) in [5.74, 6) is -12.8. The first kappa shape index (κ1) is 15.2. The Balaban J connectivity index is 2.24. The Kier molecular flexibility index (Phi) is 4.10. The first-order valence-corrected chi connectivity index (χ1v) is 5.92. The second kappa shape index (κ2) is 5.66. The van der Waals surface area contributed by atoms with Crippen LogP contribution in [0.15, 0.2) is 0 Å². The van der Waals surface area contributed by atoms with Gasteiger partial charge in [0.15, 0.2) is 23.3 Å². The summed E-state index contributed by atoms with van der Waals surface area (Å²) in [4.78, 5) is 22.7. The van der Waals surface area contributed by atoms with Crippen LogP contribution in [0.1, 0.15) is 12.8 Å². The number of carbonyl (C=O) groups excluding carboxylic acids is 2. The topological polar surface area (TPSA) is 58.2 Å². The number of halogens is 5. The molecule has 9 heteroatoms. The van der Waals surface area contributed by atoms with E-state index in [9.17, 15) is 31.5 Å². The van der Waals surface area contributed by atoms with E-state index in [0.717, 1.165) is 0 Å². The molecule has 21 heavy (non-hydrogen) atoms. The van der Waals surface area contributed by atoms with Gasteiger partial charge in [-0.3, -0.25) is 9.59 Å². The number of benzene rings is 1. The maximum Gasteiger partial charge on any atom is 0.229 e. The first-order chi connectivity index (χ1) is 9.82. The van der Waals surface area contributed by atoms with Gasteiger partial charge in [-0.1, -0.05) is 0 Å². The second-order valence-electron chi connectivity index (χ2n) is 4.47. The van der Waals surface area contributed by atoms with E-state index in [0.29, 0.717) is 0 Å². The van der Waals surface area contributed by atoms with E-state index < -0.39 is 46.6 Å². The van der Waals surface area contributed by atoms with Gasteiger partial charge in [0.2, 0.25) is 17.6 Å². The second-order valence-corrected chi connectivity index (χ2v) is 4.47. The highest BCUT2D eigenvalue weighted by atomic mass is 19.2. The molecule has 1 unspecified atom stereocenters. The van der Waals surface area contributed by atoms with E-state index >= 15 is 0 Å². The lowest BCUT2D eigenvalue weighted by Gasteiger charge is -2.21. The lowest BCUT2D eigenvalue weighted by Crippen LogP contribution is -2.40. The number of rotatable bonds is 2. The fourth-order valence-corrected chi connectivity index (χ4v) is 1.90. The molecule has 1 aliphatic rings. The van der Waals surface area contributed by atoms with E-state index in [-0.39, 0.29) is 25.3 Å². The molecule has 1 aromatic carbocycles. The number of piperidine rings is 1. The third kappa shape index (κ3) is 2.81. The molecule has 1 heterocycles. The minimum absolute atomic E-state index is 0.0369. The van der Waals surface area contributed by atoms with Crippen LogP contribution in [-0.4, -0.2) is 18.4 Å². The lowest BCUT2D eigenvalue weighted by atomic mass is 9.98. The van der Waals surface area contributed by atoms with Crippen LogP contribution in [-0.2, 0) is 9.59 Å².